The van der Waals surface area contributed by atoms with Crippen LogP contribution < -0.4 is 28.5 Å². The summed E-state index contributed by atoms with van der Waals surface area (Å²) in [7, 11) is 0. The van der Waals surface area contributed by atoms with Crippen LogP contribution in [0.4, 0.5) is 0 Å². The second kappa shape index (κ2) is 4.09. The lowest BCUT2D eigenvalue weighted by molar-refractivity contribution is -0.757. The highest BCUT2D eigenvalue weighted by Crippen LogP contribution is 2.09. The van der Waals surface area contributed by atoms with Crippen molar-refractivity contribution in [1.82, 2.24) is 4.98 Å². The summed E-state index contributed by atoms with van der Waals surface area (Å²) in [6.07, 6.45) is 7.14. The highest BCUT2D eigenvalue weighted by Gasteiger charge is 2.21. The van der Waals surface area contributed by atoms with Gasteiger partial charge in [-0.2, -0.15) is 0 Å². The smallest absolute Gasteiger partial charge is 0.241 e. The summed E-state index contributed by atoms with van der Waals surface area (Å²) in [5, 5.41) is 0. The Bertz CT molecular complexity index is 192. The van der Waals surface area contributed by atoms with Crippen molar-refractivity contribution in [2.45, 2.75) is 32.7 Å². The average Bonchev–Trinajstić information content (AvgIpc) is 2.38. The van der Waals surface area contributed by atoms with E-state index < -0.39 is 0 Å². The third-order valence-electron chi connectivity index (χ3n) is 2.11. The van der Waals surface area contributed by atoms with Crippen LogP contribution in [0.15, 0.2) is 18.7 Å². The zero-order valence-electron chi connectivity index (χ0n) is 7.26. The second-order valence-electron chi connectivity index (χ2n) is 3.18. The fraction of sp³-hybridized carbons (Fsp3) is 0.625. The molecular formula is C8H15IN2. The minimum absolute atomic E-state index is 0. The quantitative estimate of drug-likeness (QED) is 0.494. The second-order valence-corrected chi connectivity index (χ2v) is 3.18. The molecule has 0 spiro atoms. The van der Waals surface area contributed by atoms with E-state index in [9.17, 15) is 0 Å². The molecule has 0 aromatic carbocycles. The minimum Gasteiger partial charge on any atom is -1.00 e. The van der Waals surface area contributed by atoms with Crippen LogP contribution in [-0.4, -0.2) is 4.98 Å². The summed E-state index contributed by atoms with van der Waals surface area (Å²) >= 11 is 0. The number of imidazole rings is 1. The molecule has 1 aromatic rings. The third-order valence-corrected chi connectivity index (χ3v) is 2.11. The van der Waals surface area contributed by atoms with E-state index in [-0.39, 0.29) is 29.5 Å². The molecule has 1 heterocycles. The van der Waals surface area contributed by atoms with E-state index in [1.807, 2.05) is 12.5 Å². The zero-order chi connectivity index (χ0) is 7.61. The molecule has 0 atom stereocenters. The van der Waals surface area contributed by atoms with Crippen LogP contribution in [0.1, 0.15) is 27.2 Å². The van der Waals surface area contributed by atoms with Crippen LogP contribution in [-0.2, 0) is 5.54 Å². The topological polar surface area (TPSA) is 19.7 Å². The van der Waals surface area contributed by atoms with Gasteiger partial charge >= 0.3 is 0 Å². The number of hydrogen-bond acceptors (Lipinski definition) is 0. The molecule has 0 aliphatic carbocycles. The molecule has 1 N–H and O–H groups in total. The van der Waals surface area contributed by atoms with Crippen molar-refractivity contribution in [3.63, 3.8) is 0 Å². The van der Waals surface area contributed by atoms with E-state index in [1.54, 1.807) is 0 Å². The van der Waals surface area contributed by atoms with Crippen LogP contribution in [0.25, 0.3) is 0 Å². The number of hydrogen-bond donors (Lipinski definition) is 1. The Morgan fingerprint density at radius 1 is 1.45 bits per heavy atom. The standard InChI is InChI=1S/C8H14N2.HI/c1-4-8(2,3)10-6-5-9-7-10;/h5-7H,4H2,1-3H3;1H. The van der Waals surface area contributed by atoms with Crippen molar-refractivity contribution in [1.29, 1.82) is 0 Å². The molecule has 1 aromatic heterocycles. The maximum atomic E-state index is 3.03. The molecule has 0 saturated carbocycles. The molecule has 11 heavy (non-hydrogen) atoms. The summed E-state index contributed by atoms with van der Waals surface area (Å²) in [4.78, 5) is 3.03. The Hall–Kier alpha value is -0.0600. The molecule has 3 heteroatoms. The van der Waals surface area contributed by atoms with Crippen LogP contribution in [0.2, 0.25) is 0 Å². The molecule has 0 fully saturated rings. The van der Waals surface area contributed by atoms with Crippen molar-refractivity contribution in [3.8, 4) is 0 Å². The molecule has 1 rings (SSSR count). The third kappa shape index (κ3) is 2.47. The molecule has 0 unspecified atom stereocenters. The summed E-state index contributed by atoms with van der Waals surface area (Å²) < 4.78 is 2.19. The molecule has 0 saturated heterocycles. The van der Waals surface area contributed by atoms with Gasteiger partial charge in [0.15, 0.2) is 0 Å². The predicted octanol–water partition coefficient (Wildman–Crippen LogP) is -1.55. The number of aromatic nitrogens is 2. The van der Waals surface area contributed by atoms with Crippen molar-refractivity contribution in [2.24, 2.45) is 0 Å². The number of nitrogens with one attached hydrogen (secondary N) is 1. The fourth-order valence-corrected chi connectivity index (χ4v) is 0.849. The van der Waals surface area contributed by atoms with Gasteiger partial charge in [0.2, 0.25) is 6.33 Å². The Balaban J connectivity index is 0.000001000. The van der Waals surface area contributed by atoms with Crippen LogP contribution in [0, 0.1) is 0 Å². The number of rotatable bonds is 2. The van der Waals surface area contributed by atoms with Gasteiger partial charge in [0.1, 0.15) is 17.9 Å². The first-order chi connectivity index (χ1) is 4.67. The van der Waals surface area contributed by atoms with Crippen molar-refractivity contribution < 1.29 is 28.5 Å². The number of aromatic amines is 1. The Kier molecular flexibility index (Phi) is 4.07. The minimum atomic E-state index is 0. The van der Waals surface area contributed by atoms with E-state index in [2.05, 4.69) is 36.5 Å². The van der Waals surface area contributed by atoms with Crippen molar-refractivity contribution in [2.75, 3.05) is 0 Å². The first-order valence-corrected chi connectivity index (χ1v) is 3.71. The number of halogens is 1. The molecule has 64 valence electrons. The Morgan fingerprint density at radius 2 is 2.09 bits per heavy atom. The summed E-state index contributed by atoms with van der Waals surface area (Å²) in [6, 6.07) is 0. The van der Waals surface area contributed by atoms with Gasteiger partial charge in [-0.15, -0.1) is 0 Å². The van der Waals surface area contributed by atoms with Crippen LogP contribution in [0.3, 0.4) is 0 Å². The normalized spacial score (nSPS) is 10.8. The van der Waals surface area contributed by atoms with Crippen LogP contribution >= 0.6 is 0 Å². The van der Waals surface area contributed by atoms with Gasteiger partial charge in [-0.05, 0) is 20.3 Å². The van der Waals surface area contributed by atoms with Crippen molar-refractivity contribution >= 4 is 0 Å². The first kappa shape index (κ1) is 10.9. The van der Waals surface area contributed by atoms with Crippen LogP contribution in [0.5, 0.6) is 0 Å². The lowest BCUT2D eigenvalue weighted by Crippen LogP contribution is -3.00. The highest BCUT2D eigenvalue weighted by atomic mass is 127. The summed E-state index contributed by atoms with van der Waals surface area (Å²) in [6.45, 7) is 6.64. The van der Waals surface area contributed by atoms with Gasteiger partial charge in [0.05, 0.1) is 0 Å². The van der Waals surface area contributed by atoms with Gasteiger partial charge in [-0.1, -0.05) is 6.92 Å². The monoisotopic (exact) mass is 266 g/mol. The first-order valence-electron chi connectivity index (χ1n) is 3.71. The largest absolute Gasteiger partial charge is 1.00 e. The predicted molar refractivity (Wildman–Crippen MR) is 40.6 cm³/mol. The van der Waals surface area contributed by atoms with E-state index >= 15 is 0 Å². The van der Waals surface area contributed by atoms with E-state index in [0.717, 1.165) is 6.42 Å². The molecule has 0 amide bonds. The lowest BCUT2D eigenvalue weighted by Gasteiger charge is -2.17. The molecule has 0 bridgehead atoms. The SMILES string of the molecule is CCC(C)(C)[n+]1cc[nH]c1.[I-]. The van der Waals surface area contributed by atoms with E-state index in [1.165, 1.54) is 0 Å². The fourth-order valence-electron chi connectivity index (χ4n) is 0.849. The molecule has 0 aliphatic heterocycles. The summed E-state index contributed by atoms with van der Waals surface area (Å²) in [5.74, 6) is 0. The van der Waals surface area contributed by atoms with Gasteiger partial charge in [0, 0.05) is 0 Å². The van der Waals surface area contributed by atoms with Gasteiger partial charge < -0.3 is 24.0 Å². The number of H-pyrrole nitrogens is 1. The molecule has 2 nitrogen and oxygen atoms in total. The number of nitrogens with zero attached hydrogens (tertiary/aromatic N) is 1. The molecule has 0 radical (unpaired) electrons. The highest BCUT2D eigenvalue weighted by molar-refractivity contribution is 4.63. The maximum absolute atomic E-state index is 3.03. The Labute approximate surface area is 85.0 Å². The summed E-state index contributed by atoms with van der Waals surface area (Å²) in [5.41, 5.74) is 0.250. The zero-order valence-corrected chi connectivity index (χ0v) is 9.42. The van der Waals surface area contributed by atoms with E-state index in [0.29, 0.717) is 0 Å². The van der Waals surface area contributed by atoms with E-state index in [4.69, 9.17) is 0 Å². The lowest BCUT2D eigenvalue weighted by atomic mass is 10.0. The van der Waals surface area contributed by atoms with Gasteiger partial charge in [-0.3, -0.25) is 4.98 Å². The van der Waals surface area contributed by atoms with Gasteiger partial charge in [0.25, 0.3) is 0 Å². The Morgan fingerprint density at radius 3 is 2.45 bits per heavy atom. The maximum Gasteiger partial charge on any atom is 0.241 e. The van der Waals surface area contributed by atoms with Gasteiger partial charge in [-0.25, -0.2) is 4.57 Å². The molecular weight excluding hydrogens is 251 g/mol. The molecule has 0 aliphatic rings. The van der Waals surface area contributed by atoms with Crippen molar-refractivity contribution in [3.05, 3.63) is 18.7 Å². The average molecular weight is 266 g/mol.